The van der Waals surface area contributed by atoms with E-state index in [-0.39, 0.29) is 5.04 Å². The average molecular weight is 319 g/mol. The molecule has 1 rings (SSSR count). The molecule has 2 nitrogen and oxygen atoms in total. The summed E-state index contributed by atoms with van der Waals surface area (Å²) in [6, 6.07) is 7.32. The fourth-order valence-corrected chi connectivity index (χ4v) is 3.58. The van der Waals surface area contributed by atoms with Crippen molar-refractivity contribution in [3.8, 4) is 5.75 Å². The summed E-state index contributed by atoms with van der Waals surface area (Å²) in [5.74, 6) is 0.292. The van der Waals surface area contributed by atoms with Gasteiger partial charge in [0.25, 0.3) is 0 Å². The molecule has 0 spiro atoms. The molecule has 0 saturated carbocycles. The predicted octanol–water partition coefficient (Wildman–Crippen LogP) is 5.46. The topological polar surface area (TPSA) is 29.5 Å². The third-order valence-electron chi connectivity index (χ3n) is 4.68. The molecule has 0 aliphatic rings. The van der Waals surface area contributed by atoms with Gasteiger partial charge in [-0.25, -0.2) is 0 Å². The second kappa shape index (κ2) is 6.84. The van der Waals surface area contributed by atoms with E-state index in [1.807, 2.05) is 24.3 Å². The largest absolute Gasteiger partial charge is 0.508 e. The van der Waals surface area contributed by atoms with Crippen LogP contribution >= 0.6 is 0 Å². The molecule has 1 aromatic carbocycles. The number of phenolic OH excluding ortho intramolecular Hbond substituents is 1. The van der Waals surface area contributed by atoms with Crippen LogP contribution in [0, 0.1) is 0 Å². The van der Waals surface area contributed by atoms with Gasteiger partial charge in [-0.05, 0) is 48.7 Å². The van der Waals surface area contributed by atoms with Gasteiger partial charge in [0.15, 0.2) is 8.32 Å². The normalized spacial score (nSPS) is 13.0. The minimum atomic E-state index is -1.91. The Balaban J connectivity index is 2.89. The number of hydrogen-bond donors (Lipinski definition) is 1. The first-order valence-electron chi connectivity index (χ1n) is 7.80. The maximum Gasteiger partial charge on any atom is 0.193 e. The maximum atomic E-state index is 9.37. The molecular weight excluding hydrogens is 288 g/mol. The van der Waals surface area contributed by atoms with Crippen LogP contribution in [-0.2, 0) is 10.8 Å². The zero-order chi connectivity index (χ0) is 17.0. The van der Waals surface area contributed by atoms with E-state index in [9.17, 15) is 5.11 Å². The average Bonchev–Trinajstić information content (AvgIpc) is 2.44. The van der Waals surface area contributed by atoms with Crippen LogP contribution in [0.5, 0.6) is 5.75 Å². The SMILES string of the molecule is C=CC(C=C)(CCc1ccc(O)cc1)O[Si](C)(C)C(C)(C)C. The summed E-state index contributed by atoms with van der Waals surface area (Å²) < 4.78 is 6.59. The van der Waals surface area contributed by atoms with E-state index in [0.717, 1.165) is 12.8 Å². The van der Waals surface area contributed by atoms with Gasteiger partial charge in [0.1, 0.15) is 5.75 Å². The Morgan fingerprint density at radius 3 is 2.00 bits per heavy atom. The molecule has 0 saturated heterocycles. The van der Waals surface area contributed by atoms with Crippen LogP contribution in [0.1, 0.15) is 32.8 Å². The van der Waals surface area contributed by atoms with Crippen molar-refractivity contribution < 1.29 is 9.53 Å². The van der Waals surface area contributed by atoms with Crippen molar-refractivity contribution in [3.63, 3.8) is 0 Å². The van der Waals surface area contributed by atoms with E-state index >= 15 is 0 Å². The highest BCUT2D eigenvalue weighted by atomic mass is 28.4. The molecule has 0 aromatic heterocycles. The molecule has 0 fully saturated rings. The molecule has 0 aliphatic carbocycles. The Morgan fingerprint density at radius 1 is 1.09 bits per heavy atom. The van der Waals surface area contributed by atoms with Crippen molar-refractivity contribution in [1.29, 1.82) is 0 Å². The van der Waals surface area contributed by atoms with Gasteiger partial charge in [-0.3, -0.25) is 0 Å². The van der Waals surface area contributed by atoms with Gasteiger partial charge in [0.2, 0.25) is 0 Å². The fourth-order valence-electron chi connectivity index (χ4n) is 2.05. The van der Waals surface area contributed by atoms with Crippen LogP contribution in [0.2, 0.25) is 18.1 Å². The van der Waals surface area contributed by atoms with E-state index in [1.165, 1.54) is 5.56 Å². The van der Waals surface area contributed by atoms with Gasteiger partial charge < -0.3 is 9.53 Å². The molecule has 3 heteroatoms. The summed E-state index contributed by atoms with van der Waals surface area (Å²) in [7, 11) is -1.91. The van der Waals surface area contributed by atoms with E-state index in [1.54, 1.807) is 12.1 Å². The summed E-state index contributed by atoms with van der Waals surface area (Å²) in [4.78, 5) is 0. The molecule has 22 heavy (non-hydrogen) atoms. The van der Waals surface area contributed by atoms with Crippen molar-refractivity contribution in [1.82, 2.24) is 0 Å². The Kier molecular flexibility index (Phi) is 5.82. The number of aryl methyl sites for hydroxylation is 1. The smallest absolute Gasteiger partial charge is 0.193 e. The number of hydrogen-bond acceptors (Lipinski definition) is 2. The third kappa shape index (κ3) is 4.59. The van der Waals surface area contributed by atoms with Gasteiger partial charge >= 0.3 is 0 Å². The molecule has 0 radical (unpaired) electrons. The van der Waals surface area contributed by atoms with Gasteiger partial charge in [-0.1, -0.05) is 58.2 Å². The molecule has 0 bridgehead atoms. The van der Waals surface area contributed by atoms with Crippen LogP contribution in [0.3, 0.4) is 0 Å². The van der Waals surface area contributed by atoms with Crippen molar-refractivity contribution >= 4 is 8.32 Å². The van der Waals surface area contributed by atoms with E-state index in [4.69, 9.17) is 4.43 Å². The molecule has 0 atom stereocenters. The molecule has 0 unspecified atom stereocenters. The lowest BCUT2D eigenvalue weighted by molar-refractivity contribution is 0.142. The molecule has 0 amide bonds. The van der Waals surface area contributed by atoms with Crippen LogP contribution in [0.4, 0.5) is 0 Å². The first-order valence-corrected chi connectivity index (χ1v) is 10.7. The Bertz CT molecular complexity index is 501. The van der Waals surface area contributed by atoms with Crippen molar-refractivity contribution in [2.24, 2.45) is 0 Å². The monoisotopic (exact) mass is 318 g/mol. The van der Waals surface area contributed by atoms with Crippen molar-refractivity contribution in [2.75, 3.05) is 0 Å². The van der Waals surface area contributed by atoms with E-state index < -0.39 is 13.9 Å². The second-order valence-corrected chi connectivity index (χ2v) is 12.1. The van der Waals surface area contributed by atoms with Gasteiger partial charge in [0.05, 0.1) is 5.60 Å². The minimum absolute atomic E-state index is 0.142. The van der Waals surface area contributed by atoms with E-state index in [2.05, 4.69) is 47.0 Å². The molecule has 0 aliphatic heterocycles. The maximum absolute atomic E-state index is 9.37. The molecule has 0 heterocycles. The van der Waals surface area contributed by atoms with E-state index in [0.29, 0.717) is 5.75 Å². The number of rotatable bonds is 7. The Morgan fingerprint density at radius 2 is 1.59 bits per heavy atom. The van der Waals surface area contributed by atoms with Crippen LogP contribution in [-0.4, -0.2) is 19.0 Å². The molecule has 1 aromatic rings. The predicted molar refractivity (Wildman–Crippen MR) is 97.8 cm³/mol. The summed E-state index contributed by atoms with van der Waals surface area (Å²) in [6.45, 7) is 19.2. The quantitative estimate of drug-likeness (QED) is 0.534. The lowest BCUT2D eigenvalue weighted by atomic mass is 9.95. The van der Waals surface area contributed by atoms with Gasteiger partial charge in [0, 0.05) is 0 Å². The number of benzene rings is 1. The van der Waals surface area contributed by atoms with Gasteiger partial charge in [-0.15, -0.1) is 0 Å². The standard InChI is InChI=1S/C19H30O2Si/c1-8-19(9-2,21-22(6,7)18(3,4)5)15-14-16-10-12-17(20)13-11-16/h8-13,20H,1-2,14-15H2,3-7H3. The molecule has 122 valence electrons. The zero-order valence-electron chi connectivity index (χ0n) is 14.6. The van der Waals surface area contributed by atoms with Crippen molar-refractivity contribution in [2.45, 2.75) is 57.3 Å². The third-order valence-corrected chi connectivity index (χ3v) is 9.19. The fraction of sp³-hybridized carbons (Fsp3) is 0.474. The van der Waals surface area contributed by atoms with Crippen LogP contribution < -0.4 is 0 Å². The Hall–Kier alpha value is -1.32. The Labute approximate surface area is 136 Å². The lowest BCUT2D eigenvalue weighted by Gasteiger charge is -2.43. The summed E-state index contributed by atoms with van der Waals surface area (Å²) in [5.41, 5.74) is 0.672. The first-order chi connectivity index (χ1) is 10.1. The van der Waals surface area contributed by atoms with Crippen LogP contribution in [0.15, 0.2) is 49.6 Å². The van der Waals surface area contributed by atoms with Crippen molar-refractivity contribution in [3.05, 3.63) is 55.1 Å². The zero-order valence-corrected chi connectivity index (χ0v) is 15.6. The number of aromatic hydroxyl groups is 1. The van der Waals surface area contributed by atoms with Crippen LogP contribution in [0.25, 0.3) is 0 Å². The van der Waals surface area contributed by atoms with Gasteiger partial charge in [-0.2, -0.15) is 0 Å². The first kappa shape index (κ1) is 18.7. The molecular formula is C19H30O2Si. The minimum Gasteiger partial charge on any atom is -0.508 e. The number of phenols is 1. The highest BCUT2D eigenvalue weighted by Gasteiger charge is 2.42. The summed E-state index contributed by atoms with van der Waals surface area (Å²) in [6.07, 6.45) is 5.41. The molecule has 1 N–H and O–H groups in total. The summed E-state index contributed by atoms with van der Waals surface area (Å²) in [5, 5.41) is 9.51. The second-order valence-electron chi connectivity index (χ2n) is 7.39. The highest BCUT2D eigenvalue weighted by molar-refractivity contribution is 6.74. The summed E-state index contributed by atoms with van der Waals surface area (Å²) >= 11 is 0. The highest BCUT2D eigenvalue weighted by Crippen LogP contribution is 2.40. The lowest BCUT2D eigenvalue weighted by Crippen LogP contribution is -2.48.